The van der Waals surface area contributed by atoms with Crippen molar-refractivity contribution in [3.8, 4) is 0 Å². The summed E-state index contributed by atoms with van der Waals surface area (Å²) in [4.78, 5) is 14.4. The van der Waals surface area contributed by atoms with Gasteiger partial charge in [-0.05, 0) is 36.1 Å². The SMILES string of the molecule is CC(NC(=O)N1CC=C(c2ccccc2)CC1)c1ccccc1Br. The molecule has 0 bridgehead atoms. The van der Waals surface area contributed by atoms with Gasteiger partial charge in [0.25, 0.3) is 0 Å². The summed E-state index contributed by atoms with van der Waals surface area (Å²) in [6.45, 7) is 3.40. The van der Waals surface area contributed by atoms with Crippen LogP contribution in [0, 0.1) is 0 Å². The van der Waals surface area contributed by atoms with Gasteiger partial charge in [0.2, 0.25) is 0 Å². The van der Waals surface area contributed by atoms with Crippen LogP contribution in [0.15, 0.2) is 65.1 Å². The highest BCUT2D eigenvalue weighted by atomic mass is 79.9. The van der Waals surface area contributed by atoms with E-state index in [0.717, 1.165) is 23.0 Å². The maximum atomic E-state index is 12.5. The van der Waals surface area contributed by atoms with Crippen LogP contribution < -0.4 is 5.32 Å². The van der Waals surface area contributed by atoms with Crippen LogP contribution in [0.2, 0.25) is 0 Å². The Hall–Kier alpha value is -2.07. The van der Waals surface area contributed by atoms with Gasteiger partial charge >= 0.3 is 6.03 Å². The maximum absolute atomic E-state index is 12.5. The molecule has 0 spiro atoms. The fraction of sp³-hybridized carbons (Fsp3) is 0.250. The van der Waals surface area contributed by atoms with Crippen molar-refractivity contribution < 1.29 is 4.79 Å². The molecule has 0 fully saturated rings. The number of nitrogens with zero attached hydrogens (tertiary/aromatic N) is 1. The molecule has 3 rings (SSSR count). The lowest BCUT2D eigenvalue weighted by atomic mass is 10.00. The molecule has 0 saturated carbocycles. The van der Waals surface area contributed by atoms with E-state index in [2.05, 4.69) is 51.6 Å². The summed E-state index contributed by atoms with van der Waals surface area (Å²) in [6, 6.07) is 18.3. The third-order valence-corrected chi connectivity index (χ3v) is 5.07. The number of hydrogen-bond acceptors (Lipinski definition) is 1. The van der Waals surface area contributed by atoms with Crippen molar-refractivity contribution >= 4 is 27.5 Å². The summed E-state index contributed by atoms with van der Waals surface area (Å²) in [7, 11) is 0. The smallest absolute Gasteiger partial charge is 0.318 e. The van der Waals surface area contributed by atoms with E-state index >= 15 is 0 Å². The van der Waals surface area contributed by atoms with Crippen molar-refractivity contribution in [2.24, 2.45) is 0 Å². The first-order chi connectivity index (χ1) is 11.6. The van der Waals surface area contributed by atoms with Crippen molar-refractivity contribution in [1.82, 2.24) is 10.2 Å². The van der Waals surface area contributed by atoms with Crippen LogP contribution in [0.25, 0.3) is 5.57 Å². The molecular weight excluding hydrogens is 364 g/mol. The van der Waals surface area contributed by atoms with E-state index < -0.39 is 0 Å². The Morgan fingerprint density at radius 3 is 2.50 bits per heavy atom. The number of amides is 2. The van der Waals surface area contributed by atoms with E-state index in [1.165, 1.54) is 11.1 Å². The Morgan fingerprint density at radius 2 is 1.83 bits per heavy atom. The lowest BCUT2D eigenvalue weighted by molar-refractivity contribution is 0.199. The van der Waals surface area contributed by atoms with E-state index in [1.54, 1.807) is 0 Å². The average Bonchev–Trinajstić information content (AvgIpc) is 2.63. The molecule has 0 saturated heterocycles. The van der Waals surface area contributed by atoms with Gasteiger partial charge in [0.1, 0.15) is 0 Å². The molecule has 1 aliphatic rings. The van der Waals surface area contributed by atoms with Crippen molar-refractivity contribution in [2.75, 3.05) is 13.1 Å². The first kappa shape index (κ1) is 16.8. The number of carbonyl (C=O) groups is 1. The van der Waals surface area contributed by atoms with Gasteiger partial charge in [-0.2, -0.15) is 0 Å². The molecule has 2 aromatic carbocycles. The maximum Gasteiger partial charge on any atom is 0.318 e. The normalized spacial score (nSPS) is 15.6. The molecule has 1 N–H and O–H groups in total. The minimum absolute atomic E-state index is 0.0124. The summed E-state index contributed by atoms with van der Waals surface area (Å²) in [5.41, 5.74) is 3.65. The monoisotopic (exact) mass is 384 g/mol. The summed E-state index contributed by atoms with van der Waals surface area (Å²) >= 11 is 3.54. The molecule has 0 radical (unpaired) electrons. The third-order valence-electron chi connectivity index (χ3n) is 4.35. The van der Waals surface area contributed by atoms with Crippen molar-refractivity contribution in [3.05, 3.63) is 76.3 Å². The zero-order valence-electron chi connectivity index (χ0n) is 13.7. The van der Waals surface area contributed by atoms with Crippen LogP contribution in [0.3, 0.4) is 0 Å². The van der Waals surface area contributed by atoms with Crippen LogP contribution in [-0.4, -0.2) is 24.0 Å². The van der Waals surface area contributed by atoms with Crippen LogP contribution in [0.1, 0.15) is 30.5 Å². The van der Waals surface area contributed by atoms with Crippen molar-refractivity contribution in [2.45, 2.75) is 19.4 Å². The van der Waals surface area contributed by atoms with Crippen molar-refractivity contribution in [1.29, 1.82) is 0 Å². The highest BCUT2D eigenvalue weighted by Gasteiger charge is 2.20. The summed E-state index contributed by atoms with van der Waals surface area (Å²) in [5.74, 6) is 0. The Balaban J connectivity index is 1.61. The second-order valence-electron chi connectivity index (χ2n) is 5.98. The predicted octanol–water partition coefficient (Wildman–Crippen LogP) is 5.01. The first-order valence-corrected chi connectivity index (χ1v) is 8.99. The zero-order valence-corrected chi connectivity index (χ0v) is 15.3. The van der Waals surface area contributed by atoms with Gasteiger partial charge in [-0.15, -0.1) is 0 Å². The summed E-state index contributed by atoms with van der Waals surface area (Å²) in [5, 5.41) is 3.09. The number of hydrogen-bond donors (Lipinski definition) is 1. The zero-order chi connectivity index (χ0) is 16.9. The summed E-state index contributed by atoms with van der Waals surface area (Å²) < 4.78 is 1.02. The standard InChI is InChI=1S/C20H21BrN2O/c1-15(18-9-5-6-10-19(18)21)22-20(24)23-13-11-17(12-14-23)16-7-3-2-4-8-16/h2-11,15H,12-14H2,1H3,(H,22,24). The second-order valence-corrected chi connectivity index (χ2v) is 6.84. The number of nitrogens with one attached hydrogen (secondary N) is 1. The predicted molar refractivity (Wildman–Crippen MR) is 102 cm³/mol. The molecule has 1 unspecified atom stereocenters. The number of urea groups is 1. The van der Waals surface area contributed by atoms with Gasteiger partial charge in [0.05, 0.1) is 6.04 Å². The average molecular weight is 385 g/mol. The Kier molecular flexibility index (Phi) is 5.36. The molecule has 1 heterocycles. The van der Waals surface area contributed by atoms with E-state index in [-0.39, 0.29) is 12.1 Å². The summed E-state index contributed by atoms with van der Waals surface area (Å²) in [6.07, 6.45) is 3.04. The molecule has 0 aliphatic carbocycles. The van der Waals surface area contributed by atoms with E-state index in [4.69, 9.17) is 0 Å². The van der Waals surface area contributed by atoms with Gasteiger partial charge in [0, 0.05) is 17.6 Å². The van der Waals surface area contributed by atoms with Gasteiger partial charge < -0.3 is 10.2 Å². The second kappa shape index (κ2) is 7.67. The molecule has 24 heavy (non-hydrogen) atoms. The number of carbonyl (C=O) groups excluding carboxylic acids is 1. The van der Waals surface area contributed by atoms with E-state index in [1.807, 2.05) is 42.2 Å². The number of halogens is 1. The topological polar surface area (TPSA) is 32.3 Å². The Morgan fingerprint density at radius 1 is 1.12 bits per heavy atom. The lowest BCUT2D eigenvalue weighted by Crippen LogP contribution is -2.43. The fourth-order valence-corrected chi connectivity index (χ4v) is 3.58. The van der Waals surface area contributed by atoms with Gasteiger partial charge in [-0.1, -0.05) is 70.5 Å². The molecule has 124 valence electrons. The molecule has 4 heteroatoms. The highest BCUT2D eigenvalue weighted by Crippen LogP contribution is 2.24. The van der Waals surface area contributed by atoms with Crippen LogP contribution in [-0.2, 0) is 0 Å². The molecule has 0 aromatic heterocycles. The fourth-order valence-electron chi connectivity index (χ4n) is 2.95. The van der Waals surface area contributed by atoms with Crippen LogP contribution in [0.5, 0.6) is 0 Å². The number of benzene rings is 2. The molecule has 3 nitrogen and oxygen atoms in total. The van der Waals surface area contributed by atoms with E-state index in [0.29, 0.717) is 6.54 Å². The molecule has 1 atom stereocenters. The number of rotatable bonds is 3. The van der Waals surface area contributed by atoms with Crippen LogP contribution in [0.4, 0.5) is 4.79 Å². The lowest BCUT2D eigenvalue weighted by Gasteiger charge is -2.28. The Bertz CT molecular complexity index is 742. The Labute approximate surface area is 151 Å². The van der Waals surface area contributed by atoms with E-state index in [9.17, 15) is 4.79 Å². The molecule has 1 aliphatic heterocycles. The van der Waals surface area contributed by atoms with Crippen LogP contribution >= 0.6 is 15.9 Å². The van der Waals surface area contributed by atoms with Gasteiger partial charge in [0.15, 0.2) is 0 Å². The van der Waals surface area contributed by atoms with Gasteiger partial charge in [-0.25, -0.2) is 4.79 Å². The van der Waals surface area contributed by atoms with Gasteiger partial charge in [-0.3, -0.25) is 0 Å². The quantitative estimate of drug-likeness (QED) is 0.792. The minimum atomic E-state index is -0.0347. The first-order valence-electron chi connectivity index (χ1n) is 8.19. The van der Waals surface area contributed by atoms with Crippen molar-refractivity contribution in [3.63, 3.8) is 0 Å². The third kappa shape index (κ3) is 3.88. The molecular formula is C20H21BrN2O. The highest BCUT2D eigenvalue weighted by molar-refractivity contribution is 9.10. The molecule has 2 amide bonds. The largest absolute Gasteiger partial charge is 0.331 e. The molecule has 2 aromatic rings. The minimum Gasteiger partial charge on any atom is -0.331 e.